The van der Waals surface area contributed by atoms with Crippen molar-refractivity contribution in [2.75, 3.05) is 13.2 Å². The van der Waals surface area contributed by atoms with Crippen LogP contribution in [0.3, 0.4) is 0 Å². The predicted molar refractivity (Wildman–Crippen MR) is 82.1 cm³/mol. The molecule has 1 aliphatic rings. The molecule has 0 heterocycles. The van der Waals surface area contributed by atoms with Gasteiger partial charge in [-0.05, 0) is 25.5 Å². The number of halogens is 1. The molecule has 2 atom stereocenters. The normalized spacial score (nSPS) is 21.8. The third-order valence-corrected chi connectivity index (χ3v) is 4.60. The van der Waals surface area contributed by atoms with Crippen LogP contribution in [0.15, 0.2) is 28.7 Å². The van der Waals surface area contributed by atoms with Gasteiger partial charge < -0.3 is 14.3 Å². The van der Waals surface area contributed by atoms with Crippen LogP contribution < -0.4 is 0 Å². The maximum atomic E-state index is 12.4. The number of hydrogen-bond donors (Lipinski definition) is 0. The highest BCUT2D eigenvalue weighted by Gasteiger charge is 2.77. The molecule has 6 heteroatoms. The topological polar surface area (TPSA) is 69.7 Å². The van der Waals surface area contributed by atoms with E-state index in [1.54, 1.807) is 32.0 Å². The summed E-state index contributed by atoms with van der Waals surface area (Å²) in [7, 11) is 0. The Morgan fingerprint density at radius 2 is 1.73 bits per heavy atom. The van der Waals surface area contributed by atoms with E-state index in [4.69, 9.17) is 9.47 Å². The molecule has 118 valence electrons. The fraction of sp³-hybridized carbons (Fsp3) is 0.438. The number of carbonyl (C=O) groups is 3. The van der Waals surface area contributed by atoms with Crippen molar-refractivity contribution >= 4 is 34.2 Å². The number of benzene rings is 1. The van der Waals surface area contributed by atoms with E-state index in [-0.39, 0.29) is 13.2 Å². The highest BCUT2D eigenvalue weighted by atomic mass is 79.9. The van der Waals surface area contributed by atoms with E-state index in [9.17, 15) is 14.4 Å². The van der Waals surface area contributed by atoms with Gasteiger partial charge in [0.2, 0.25) is 0 Å². The van der Waals surface area contributed by atoms with Crippen molar-refractivity contribution in [1.29, 1.82) is 0 Å². The molecule has 0 unspecified atom stereocenters. The smallest absolute Gasteiger partial charge is 0.324 e. The van der Waals surface area contributed by atoms with Gasteiger partial charge >= 0.3 is 11.9 Å². The molecule has 0 N–H and O–H groups in total. The monoisotopic (exact) mass is 368 g/mol. The summed E-state index contributed by atoms with van der Waals surface area (Å²) < 4.78 is 10.8. The maximum absolute atomic E-state index is 12.4. The van der Waals surface area contributed by atoms with Gasteiger partial charge in [-0.25, -0.2) is 0 Å². The molecule has 1 aromatic carbocycles. The Morgan fingerprint density at radius 1 is 1.18 bits per heavy atom. The maximum Gasteiger partial charge on any atom is 0.324 e. The SMILES string of the molecule is CCOC(=O)C1(C(=O)OCC)[C@H](C=O)[C@H]1c1ccccc1Br. The minimum atomic E-state index is -1.57. The average Bonchev–Trinajstić information content (AvgIpc) is 3.18. The minimum Gasteiger partial charge on any atom is -0.465 e. The van der Waals surface area contributed by atoms with E-state index in [2.05, 4.69) is 15.9 Å². The molecular weight excluding hydrogens is 352 g/mol. The summed E-state index contributed by atoms with van der Waals surface area (Å²) in [4.78, 5) is 36.3. The molecule has 0 saturated heterocycles. The summed E-state index contributed by atoms with van der Waals surface area (Å²) in [5.41, 5.74) is -0.849. The van der Waals surface area contributed by atoms with Crippen LogP contribution in [0.1, 0.15) is 25.3 Å². The molecule has 0 spiro atoms. The average molecular weight is 369 g/mol. The number of ether oxygens (including phenoxy) is 2. The van der Waals surface area contributed by atoms with Gasteiger partial charge in [0.1, 0.15) is 6.29 Å². The second-order valence-corrected chi connectivity index (χ2v) is 5.83. The molecular formula is C16H17BrO5. The Balaban J connectivity index is 2.49. The number of esters is 2. The second kappa shape index (κ2) is 6.60. The van der Waals surface area contributed by atoms with Crippen LogP contribution in [-0.2, 0) is 23.9 Å². The Hall–Kier alpha value is -1.69. The van der Waals surface area contributed by atoms with Crippen LogP contribution in [0.25, 0.3) is 0 Å². The van der Waals surface area contributed by atoms with Crippen LogP contribution >= 0.6 is 15.9 Å². The zero-order valence-electron chi connectivity index (χ0n) is 12.4. The summed E-state index contributed by atoms with van der Waals surface area (Å²) >= 11 is 3.40. The first-order valence-electron chi connectivity index (χ1n) is 7.09. The van der Waals surface area contributed by atoms with Gasteiger partial charge in [0.25, 0.3) is 0 Å². The molecule has 22 heavy (non-hydrogen) atoms. The van der Waals surface area contributed by atoms with Gasteiger partial charge in [0, 0.05) is 10.4 Å². The molecule has 1 fully saturated rings. The minimum absolute atomic E-state index is 0.133. The first kappa shape index (κ1) is 16.7. The summed E-state index contributed by atoms with van der Waals surface area (Å²) in [6.45, 7) is 3.58. The van der Waals surface area contributed by atoms with Gasteiger partial charge in [-0.2, -0.15) is 0 Å². The lowest BCUT2D eigenvalue weighted by atomic mass is 9.98. The molecule has 1 saturated carbocycles. The van der Waals surface area contributed by atoms with E-state index in [0.717, 1.165) is 10.0 Å². The van der Waals surface area contributed by atoms with Crippen molar-refractivity contribution in [3.63, 3.8) is 0 Å². The zero-order chi connectivity index (χ0) is 16.3. The van der Waals surface area contributed by atoms with E-state index in [1.807, 2.05) is 6.07 Å². The third kappa shape index (κ3) is 2.45. The molecule has 0 radical (unpaired) electrons. The van der Waals surface area contributed by atoms with Crippen molar-refractivity contribution in [1.82, 2.24) is 0 Å². The van der Waals surface area contributed by atoms with Crippen molar-refractivity contribution in [3.8, 4) is 0 Å². The van der Waals surface area contributed by atoms with Crippen molar-refractivity contribution < 1.29 is 23.9 Å². The van der Waals surface area contributed by atoms with E-state index < -0.39 is 29.2 Å². The van der Waals surface area contributed by atoms with Crippen LogP contribution in [0, 0.1) is 11.3 Å². The number of rotatable bonds is 6. The highest BCUT2D eigenvalue weighted by Crippen LogP contribution is 2.66. The Bertz CT molecular complexity index is 580. The molecule has 0 amide bonds. The van der Waals surface area contributed by atoms with Crippen molar-refractivity contribution in [2.45, 2.75) is 19.8 Å². The molecule has 0 bridgehead atoms. The number of carbonyl (C=O) groups excluding carboxylic acids is 3. The fourth-order valence-electron chi connectivity index (χ4n) is 2.88. The summed E-state index contributed by atoms with van der Waals surface area (Å²) in [5.74, 6) is -2.75. The van der Waals surface area contributed by atoms with E-state index in [1.165, 1.54) is 0 Å². The van der Waals surface area contributed by atoms with Gasteiger partial charge in [0.15, 0.2) is 5.41 Å². The van der Waals surface area contributed by atoms with Crippen molar-refractivity contribution in [3.05, 3.63) is 34.3 Å². The largest absolute Gasteiger partial charge is 0.465 e. The predicted octanol–water partition coefficient (Wildman–Crippen LogP) is 2.47. The summed E-state index contributed by atoms with van der Waals surface area (Å²) in [6.07, 6.45) is 0.637. The number of aldehydes is 1. The Labute approximate surface area is 137 Å². The third-order valence-electron chi connectivity index (χ3n) is 3.88. The lowest BCUT2D eigenvalue weighted by Gasteiger charge is -2.15. The molecule has 2 rings (SSSR count). The Morgan fingerprint density at radius 3 is 2.18 bits per heavy atom. The van der Waals surface area contributed by atoms with E-state index in [0.29, 0.717) is 6.29 Å². The van der Waals surface area contributed by atoms with Crippen LogP contribution in [-0.4, -0.2) is 31.4 Å². The fourth-order valence-corrected chi connectivity index (χ4v) is 3.41. The summed E-state index contributed by atoms with van der Waals surface area (Å²) in [6, 6.07) is 7.20. The molecule has 1 aliphatic carbocycles. The van der Waals surface area contributed by atoms with Crippen molar-refractivity contribution in [2.24, 2.45) is 11.3 Å². The lowest BCUT2D eigenvalue weighted by Crippen LogP contribution is -2.33. The summed E-state index contributed by atoms with van der Waals surface area (Å²) in [5, 5.41) is 0. The molecule has 0 aromatic heterocycles. The highest BCUT2D eigenvalue weighted by molar-refractivity contribution is 9.10. The molecule has 1 aromatic rings. The van der Waals surface area contributed by atoms with Gasteiger partial charge in [0.05, 0.1) is 19.1 Å². The van der Waals surface area contributed by atoms with Gasteiger partial charge in [-0.3, -0.25) is 9.59 Å². The zero-order valence-corrected chi connectivity index (χ0v) is 14.0. The van der Waals surface area contributed by atoms with E-state index >= 15 is 0 Å². The second-order valence-electron chi connectivity index (χ2n) is 4.97. The number of hydrogen-bond acceptors (Lipinski definition) is 5. The lowest BCUT2D eigenvalue weighted by molar-refractivity contribution is -0.165. The molecule has 0 aliphatic heterocycles. The van der Waals surface area contributed by atoms with Gasteiger partial charge in [-0.1, -0.05) is 34.1 Å². The standard InChI is InChI=1S/C16H17BrO5/c1-3-21-14(19)16(15(20)22-4-2)11(9-18)13(16)10-7-5-6-8-12(10)17/h5-9,11,13H,3-4H2,1-2H3/t11-,13-/m1/s1. The first-order valence-corrected chi connectivity index (χ1v) is 7.89. The quantitative estimate of drug-likeness (QED) is 0.438. The van der Waals surface area contributed by atoms with Crippen LogP contribution in [0.2, 0.25) is 0 Å². The van der Waals surface area contributed by atoms with Gasteiger partial charge in [-0.15, -0.1) is 0 Å². The first-order chi connectivity index (χ1) is 10.5. The van der Waals surface area contributed by atoms with Crippen LogP contribution in [0.5, 0.6) is 0 Å². The molecule has 5 nitrogen and oxygen atoms in total. The Kier molecular flexibility index (Phi) is 5.01. The van der Waals surface area contributed by atoms with Crippen LogP contribution in [0.4, 0.5) is 0 Å².